The van der Waals surface area contributed by atoms with Crippen LogP contribution in [-0.2, 0) is 14.6 Å². The van der Waals surface area contributed by atoms with Gasteiger partial charge in [0.05, 0.1) is 5.75 Å². The average Bonchev–Trinajstić information content (AvgIpc) is 2.11. The molecule has 0 unspecified atom stereocenters. The topological polar surface area (TPSA) is 75.3 Å². The number of carbonyl (C=O) groups is 1. The molecule has 5 nitrogen and oxygen atoms in total. The standard InChI is InChI=1S/C10H20N2O3S/c1-2-3-4-12-10(13)8-16(14,15)7-9-5-11-6-9/h9,11H,2-8H2,1H3,(H,12,13). The molecule has 1 aliphatic rings. The minimum absolute atomic E-state index is 0.126. The third-order valence-corrected chi connectivity index (χ3v) is 4.24. The summed E-state index contributed by atoms with van der Waals surface area (Å²) in [6.45, 7) is 4.08. The Bertz CT molecular complexity index is 323. The molecule has 1 fully saturated rings. The van der Waals surface area contributed by atoms with Crippen molar-refractivity contribution >= 4 is 15.7 Å². The summed E-state index contributed by atoms with van der Waals surface area (Å²) in [5.74, 6) is -0.428. The fourth-order valence-corrected chi connectivity index (χ4v) is 3.11. The molecule has 0 aromatic carbocycles. The summed E-state index contributed by atoms with van der Waals surface area (Å²) in [7, 11) is -3.23. The van der Waals surface area contributed by atoms with Gasteiger partial charge in [-0.2, -0.15) is 0 Å². The highest BCUT2D eigenvalue weighted by Crippen LogP contribution is 2.07. The number of hydrogen-bond acceptors (Lipinski definition) is 4. The van der Waals surface area contributed by atoms with E-state index in [-0.39, 0.29) is 23.3 Å². The number of rotatable bonds is 7. The van der Waals surface area contributed by atoms with Gasteiger partial charge in [-0.3, -0.25) is 4.79 Å². The van der Waals surface area contributed by atoms with E-state index in [2.05, 4.69) is 10.6 Å². The van der Waals surface area contributed by atoms with Gasteiger partial charge in [0.1, 0.15) is 5.75 Å². The van der Waals surface area contributed by atoms with Crippen LogP contribution in [0.15, 0.2) is 0 Å². The first-order valence-corrected chi connectivity index (χ1v) is 7.53. The van der Waals surface area contributed by atoms with Crippen molar-refractivity contribution in [3.63, 3.8) is 0 Å². The summed E-state index contributed by atoms with van der Waals surface area (Å²) >= 11 is 0. The van der Waals surface area contributed by atoms with Crippen molar-refractivity contribution in [2.75, 3.05) is 31.1 Å². The van der Waals surface area contributed by atoms with Gasteiger partial charge < -0.3 is 10.6 Å². The lowest BCUT2D eigenvalue weighted by molar-refractivity contribution is -0.118. The lowest BCUT2D eigenvalue weighted by atomic mass is 10.1. The van der Waals surface area contributed by atoms with Crippen LogP contribution in [0.4, 0.5) is 0 Å². The van der Waals surface area contributed by atoms with Gasteiger partial charge in [0.15, 0.2) is 9.84 Å². The van der Waals surface area contributed by atoms with Gasteiger partial charge in [-0.05, 0) is 12.3 Å². The van der Waals surface area contributed by atoms with Crippen LogP contribution in [0.5, 0.6) is 0 Å². The Morgan fingerprint density at radius 3 is 2.62 bits per heavy atom. The van der Waals surface area contributed by atoms with Crippen LogP contribution < -0.4 is 10.6 Å². The van der Waals surface area contributed by atoms with Gasteiger partial charge in [-0.15, -0.1) is 0 Å². The first-order chi connectivity index (χ1) is 7.53. The molecule has 1 rings (SSSR count). The molecule has 6 heteroatoms. The van der Waals surface area contributed by atoms with E-state index in [9.17, 15) is 13.2 Å². The lowest BCUT2D eigenvalue weighted by Crippen LogP contribution is -2.46. The number of amides is 1. The molecule has 94 valence electrons. The minimum atomic E-state index is -3.23. The third kappa shape index (κ3) is 4.94. The van der Waals surface area contributed by atoms with Crippen molar-refractivity contribution < 1.29 is 13.2 Å². The zero-order valence-corrected chi connectivity index (χ0v) is 10.5. The second kappa shape index (κ2) is 6.20. The second-order valence-corrected chi connectivity index (χ2v) is 6.39. The molecule has 0 radical (unpaired) electrons. The van der Waals surface area contributed by atoms with Crippen LogP contribution in [0.1, 0.15) is 19.8 Å². The minimum Gasteiger partial charge on any atom is -0.355 e. The number of carbonyl (C=O) groups excluding carboxylic acids is 1. The SMILES string of the molecule is CCCCNC(=O)CS(=O)(=O)CC1CNC1. The Morgan fingerprint density at radius 1 is 1.44 bits per heavy atom. The fourth-order valence-electron chi connectivity index (χ4n) is 1.54. The van der Waals surface area contributed by atoms with Crippen molar-refractivity contribution in [2.45, 2.75) is 19.8 Å². The number of unbranched alkanes of at least 4 members (excludes halogenated alkanes) is 1. The number of hydrogen-bond donors (Lipinski definition) is 2. The summed E-state index contributed by atoms with van der Waals surface area (Å²) in [5, 5.41) is 5.63. The van der Waals surface area contributed by atoms with Crippen molar-refractivity contribution in [1.29, 1.82) is 0 Å². The Hall–Kier alpha value is -0.620. The van der Waals surface area contributed by atoms with Gasteiger partial charge in [0.2, 0.25) is 5.91 Å². The van der Waals surface area contributed by atoms with E-state index in [1.165, 1.54) is 0 Å². The van der Waals surface area contributed by atoms with Gasteiger partial charge in [-0.1, -0.05) is 13.3 Å². The molecule has 0 aromatic rings. The van der Waals surface area contributed by atoms with Crippen molar-refractivity contribution in [2.24, 2.45) is 5.92 Å². The summed E-state index contributed by atoms with van der Waals surface area (Å²) in [5.41, 5.74) is 0. The van der Waals surface area contributed by atoms with Crippen LogP contribution in [-0.4, -0.2) is 45.5 Å². The molecule has 16 heavy (non-hydrogen) atoms. The van der Waals surface area contributed by atoms with E-state index in [0.29, 0.717) is 6.54 Å². The highest BCUT2D eigenvalue weighted by Gasteiger charge is 2.25. The molecule has 0 atom stereocenters. The molecule has 1 heterocycles. The zero-order chi connectivity index (χ0) is 12.0. The van der Waals surface area contributed by atoms with E-state index < -0.39 is 9.84 Å². The second-order valence-electron chi connectivity index (χ2n) is 4.28. The van der Waals surface area contributed by atoms with Crippen molar-refractivity contribution in [3.8, 4) is 0 Å². The van der Waals surface area contributed by atoms with Crippen LogP contribution >= 0.6 is 0 Å². The zero-order valence-electron chi connectivity index (χ0n) is 9.66. The molecule has 2 N–H and O–H groups in total. The van der Waals surface area contributed by atoms with Crippen molar-refractivity contribution in [1.82, 2.24) is 10.6 Å². The van der Waals surface area contributed by atoms with E-state index in [4.69, 9.17) is 0 Å². The van der Waals surface area contributed by atoms with Crippen LogP contribution in [0.2, 0.25) is 0 Å². The Kier molecular flexibility index (Phi) is 5.21. The molecule has 0 spiro atoms. The van der Waals surface area contributed by atoms with E-state index in [0.717, 1.165) is 25.9 Å². The lowest BCUT2D eigenvalue weighted by Gasteiger charge is -2.26. The Labute approximate surface area is 96.9 Å². The first kappa shape index (κ1) is 13.4. The predicted octanol–water partition coefficient (Wildman–Crippen LogP) is -0.463. The summed E-state index contributed by atoms with van der Waals surface area (Å²) in [4.78, 5) is 11.3. The van der Waals surface area contributed by atoms with Crippen molar-refractivity contribution in [3.05, 3.63) is 0 Å². The summed E-state index contributed by atoms with van der Waals surface area (Å²) in [6, 6.07) is 0. The molecule has 1 amide bonds. The smallest absolute Gasteiger partial charge is 0.235 e. The van der Waals surface area contributed by atoms with E-state index in [1.54, 1.807) is 0 Å². The predicted molar refractivity (Wildman–Crippen MR) is 62.9 cm³/mol. The quantitative estimate of drug-likeness (QED) is 0.598. The average molecular weight is 248 g/mol. The van der Waals surface area contributed by atoms with Crippen LogP contribution in [0.25, 0.3) is 0 Å². The molecular formula is C10H20N2O3S. The normalized spacial score (nSPS) is 16.8. The van der Waals surface area contributed by atoms with Gasteiger partial charge in [-0.25, -0.2) is 8.42 Å². The Balaban J connectivity index is 2.25. The largest absolute Gasteiger partial charge is 0.355 e. The highest BCUT2D eigenvalue weighted by molar-refractivity contribution is 7.92. The maximum atomic E-state index is 11.6. The van der Waals surface area contributed by atoms with E-state index in [1.807, 2.05) is 6.92 Å². The summed E-state index contributed by atoms with van der Waals surface area (Å²) < 4.78 is 23.2. The molecule has 0 aliphatic carbocycles. The maximum Gasteiger partial charge on any atom is 0.235 e. The number of nitrogens with one attached hydrogen (secondary N) is 2. The molecule has 0 aromatic heterocycles. The van der Waals surface area contributed by atoms with Gasteiger partial charge >= 0.3 is 0 Å². The van der Waals surface area contributed by atoms with Crippen LogP contribution in [0.3, 0.4) is 0 Å². The molecule has 1 saturated heterocycles. The monoisotopic (exact) mass is 248 g/mol. The van der Waals surface area contributed by atoms with Gasteiger partial charge in [0.25, 0.3) is 0 Å². The highest BCUT2D eigenvalue weighted by atomic mass is 32.2. The maximum absolute atomic E-state index is 11.6. The Morgan fingerprint density at radius 2 is 2.12 bits per heavy atom. The van der Waals surface area contributed by atoms with Gasteiger partial charge in [0, 0.05) is 19.6 Å². The van der Waals surface area contributed by atoms with E-state index >= 15 is 0 Å². The third-order valence-electron chi connectivity index (χ3n) is 2.56. The number of sulfone groups is 1. The molecule has 0 bridgehead atoms. The molecular weight excluding hydrogens is 228 g/mol. The fraction of sp³-hybridized carbons (Fsp3) is 0.900. The van der Waals surface area contributed by atoms with Crippen LogP contribution in [0, 0.1) is 5.92 Å². The molecule has 1 aliphatic heterocycles. The molecule has 0 saturated carbocycles. The first-order valence-electron chi connectivity index (χ1n) is 5.71. The summed E-state index contributed by atoms with van der Waals surface area (Å²) in [6.07, 6.45) is 1.87.